The van der Waals surface area contributed by atoms with E-state index in [1.807, 2.05) is 30.6 Å². The molecular weight excluding hydrogens is 689 g/mol. The van der Waals surface area contributed by atoms with E-state index in [2.05, 4.69) is 181 Å². The van der Waals surface area contributed by atoms with Crippen molar-refractivity contribution in [1.29, 1.82) is 0 Å². The number of aromatic nitrogens is 2. The predicted octanol–water partition coefficient (Wildman–Crippen LogP) is 14.7. The van der Waals surface area contributed by atoms with Crippen molar-refractivity contribution in [2.24, 2.45) is 5.41 Å². The van der Waals surface area contributed by atoms with Crippen molar-refractivity contribution in [1.82, 2.24) is 9.97 Å². The number of hydrogen-bond donors (Lipinski definition) is 0. The van der Waals surface area contributed by atoms with Crippen LogP contribution in [0.3, 0.4) is 0 Å². The van der Waals surface area contributed by atoms with Crippen LogP contribution in [0.2, 0.25) is 0 Å². The van der Waals surface area contributed by atoms with Gasteiger partial charge in [-0.2, -0.15) is 0 Å². The van der Waals surface area contributed by atoms with Gasteiger partial charge >= 0.3 is 0 Å². The quantitative estimate of drug-likeness (QED) is 0.153. The van der Waals surface area contributed by atoms with Crippen molar-refractivity contribution in [3.05, 3.63) is 211 Å². The maximum Gasteiger partial charge on any atom is 0.0701 e. The highest BCUT2D eigenvalue weighted by Gasteiger charge is 2.37. The van der Waals surface area contributed by atoms with E-state index >= 15 is 0 Å². The van der Waals surface area contributed by atoms with Gasteiger partial charge in [0.25, 0.3) is 0 Å². The summed E-state index contributed by atoms with van der Waals surface area (Å²) in [6.07, 6.45) is 17.7. The smallest absolute Gasteiger partial charge is 0.0701 e. The summed E-state index contributed by atoms with van der Waals surface area (Å²) in [6.45, 7) is 2.51. The van der Waals surface area contributed by atoms with E-state index in [1.54, 1.807) is 5.57 Å². The SMILES string of the molecule is CC1(C2=CC=CCC2)CC(c2ccc3c(-c4ccc(-c5ccccn5)cc4)c4ccccc4c(-c4ccc(-c5ccccn5)cc4)c3c2)=CC(c2ccccc2)C1. The molecule has 2 atom stereocenters. The lowest BCUT2D eigenvalue weighted by Gasteiger charge is -2.41. The summed E-state index contributed by atoms with van der Waals surface area (Å²) in [6, 6.07) is 57.5. The second-order valence-corrected chi connectivity index (χ2v) is 15.9. The molecule has 0 aliphatic heterocycles. The van der Waals surface area contributed by atoms with Gasteiger partial charge in [0, 0.05) is 29.4 Å². The molecule has 2 aliphatic carbocycles. The van der Waals surface area contributed by atoms with Crippen LogP contribution < -0.4 is 0 Å². The fourth-order valence-corrected chi connectivity index (χ4v) is 9.48. The van der Waals surface area contributed by atoms with E-state index < -0.39 is 0 Å². The molecule has 2 unspecified atom stereocenters. The first kappa shape index (κ1) is 34.8. The number of rotatable bonds is 7. The molecule has 0 bridgehead atoms. The van der Waals surface area contributed by atoms with Crippen LogP contribution in [0.5, 0.6) is 0 Å². The average Bonchev–Trinajstić information content (AvgIpc) is 3.29. The number of nitrogens with zero attached hydrogens (tertiary/aromatic N) is 2. The topological polar surface area (TPSA) is 25.8 Å². The zero-order valence-electron chi connectivity index (χ0n) is 32.3. The van der Waals surface area contributed by atoms with Gasteiger partial charge in [-0.25, -0.2) is 0 Å². The summed E-state index contributed by atoms with van der Waals surface area (Å²) in [7, 11) is 0. The lowest BCUT2D eigenvalue weighted by atomic mass is 9.63. The Hall–Kier alpha value is -6.64. The molecule has 0 N–H and O–H groups in total. The fraction of sp³-hybridized carbons (Fsp3) is 0.127. The third kappa shape index (κ3) is 6.62. The third-order valence-corrected chi connectivity index (χ3v) is 12.3. The van der Waals surface area contributed by atoms with Crippen LogP contribution >= 0.6 is 0 Å². The van der Waals surface area contributed by atoms with Crippen molar-refractivity contribution < 1.29 is 0 Å². The van der Waals surface area contributed by atoms with Crippen molar-refractivity contribution in [3.8, 4) is 44.8 Å². The monoisotopic (exact) mass is 732 g/mol. The molecule has 6 aromatic carbocycles. The number of fused-ring (bicyclic) bond motifs is 2. The van der Waals surface area contributed by atoms with Crippen LogP contribution in [-0.4, -0.2) is 9.97 Å². The highest BCUT2D eigenvalue weighted by Crippen LogP contribution is 2.52. The van der Waals surface area contributed by atoms with Gasteiger partial charge in [-0.3, -0.25) is 9.97 Å². The van der Waals surface area contributed by atoms with Crippen LogP contribution in [0.25, 0.3) is 71.9 Å². The van der Waals surface area contributed by atoms with Crippen molar-refractivity contribution in [2.45, 2.75) is 38.5 Å². The summed E-state index contributed by atoms with van der Waals surface area (Å²) in [5.41, 5.74) is 14.9. The molecule has 0 spiro atoms. The van der Waals surface area contributed by atoms with Gasteiger partial charge in [0.15, 0.2) is 0 Å². The lowest BCUT2D eigenvalue weighted by Crippen LogP contribution is -2.27. The van der Waals surface area contributed by atoms with Crippen molar-refractivity contribution in [3.63, 3.8) is 0 Å². The molecular formula is C55H44N2. The molecule has 274 valence electrons. The number of allylic oxidation sites excluding steroid dienone is 6. The molecule has 2 heterocycles. The van der Waals surface area contributed by atoms with Gasteiger partial charge in [0.1, 0.15) is 0 Å². The minimum absolute atomic E-state index is 0.0678. The Morgan fingerprint density at radius 2 is 1.07 bits per heavy atom. The van der Waals surface area contributed by atoms with E-state index in [4.69, 9.17) is 0 Å². The molecule has 0 saturated heterocycles. The Morgan fingerprint density at radius 1 is 0.526 bits per heavy atom. The van der Waals surface area contributed by atoms with Gasteiger partial charge in [-0.05, 0) is 122 Å². The number of pyridine rings is 2. The van der Waals surface area contributed by atoms with Crippen LogP contribution in [-0.2, 0) is 0 Å². The zero-order valence-corrected chi connectivity index (χ0v) is 32.3. The second-order valence-electron chi connectivity index (χ2n) is 15.9. The summed E-state index contributed by atoms with van der Waals surface area (Å²) in [4.78, 5) is 9.27. The van der Waals surface area contributed by atoms with Gasteiger partial charge in [-0.15, -0.1) is 0 Å². The minimum Gasteiger partial charge on any atom is -0.256 e. The van der Waals surface area contributed by atoms with Crippen LogP contribution in [0.4, 0.5) is 0 Å². The van der Waals surface area contributed by atoms with Gasteiger partial charge < -0.3 is 0 Å². The molecule has 2 aliphatic rings. The minimum atomic E-state index is 0.0678. The van der Waals surface area contributed by atoms with Crippen LogP contribution in [0, 0.1) is 5.41 Å². The largest absolute Gasteiger partial charge is 0.256 e. The molecule has 0 saturated carbocycles. The van der Waals surface area contributed by atoms with Crippen molar-refractivity contribution >= 4 is 27.1 Å². The van der Waals surface area contributed by atoms with Crippen LogP contribution in [0.15, 0.2) is 200 Å². The summed E-state index contributed by atoms with van der Waals surface area (Å²) < 4.78 is 0. The second kappa shape index (κ2) is 14.8. The standard InChI is InChI=1S/C55H44N2/c1-55(46-16-6-3-7-17-46)36-44(38-14-4-2-5-15-38)34-45(37-55)43-30-31-49-50(35-43)54(42-28-24-40(25-29-42)52-21-11-13-33-57-52)48-19-9-8-18-47(48)53(49)41-26-22-39(23-27-41)51-20-10-12-32-56-51/h2-6,8-16,18-35,44H,7,17,36-37H2,1H3. The Labute approximate surface area is 335 Å². The highest BCUT2D eigenvalue weighted by atomic mass is 14.7. The molecule has 0 amide bonds. The number of benzene rings is 6. The van der Waals surface area contributed by atoms with Gasteiger partial charge in [0.2, 0.25) is 0 Å². The van der Waals surface area contributed by atoms with Gasteiger partial charge in [-0.1, -0.05) is 164 Å². The highest BCUT2D eigenvalue weighted by molar-refractivity contribution is 6.21. The zero-order chi connectivity index (χ0) is 38.2. The van der Waals surface area contributed by atoms with Gasteiger partial charge in [0.05, 0.1) is 11.4 Å². The van der Waals surface area contributed by atoms with E-state index in [1.165, 1.54) is 60.5 Å². The maximum atomic E-state index is 4.64. The normalized spacial score (nSPS) is 18.0. The Morgan fingerprint density at radius 3 is 1.65 bits per heavy atom. The first-order valence-corrected chi connectivity index (χ1v) is 20.3. The van der Waals surface area contributed by atoms with E-state index in [0.717, 1.165) is 48.2 Å². The number of hydrogen-bond acceptors (Lipinski definition) is 2. The first-order chi connectivity index (χ1) is 28.1. The Bertz CT molecular complexity index is 2810. The molecule has 0 fully saturated rings. The summed E-state index contributed by atoms with van der Waals surface area (Å²) in [5.74, 6) is 0.339. The Kier molecular flexibility index (Phi) is 9.03. The molecule has 10 rings (SSSR count). The molecule has 0 radical (unpaired) electrons. The Balaban J connectivity index is 1.19. The fourth-order valence-electron chi connectivity index (χ4n) is 9.48. The molecule has 8 aromatic rings. The van der Waals surface area contributed by atoms with E-state index in [-0.39, 0.29) is 5.41 Å². The third-order valence-electron chi connectivity index (χ3n) is 12.3. The molecule has 2 aromatic heterocycles. The summed E-state index contributed by atoms with van der Waals surface area (Å²) in [5, 5.41) is 5.02. The molecule has 57 heavy (non-hydrogen) atoms. The first-order valence-electron chi connectivity index (χ1n) is 20.3. The molecule has 2 nitrogen and oxygen atoms in total. The average molecular weight is 733 g/mol. The van der Waals surface area contributed by atoms with E-state index in [0.29, 0.717) is 5.92 Å². The van der Waals surface area contributed by atoms with E-state index in [9.17, 15) is 0 Å². The van der Waals surface area contributed by atoms with Crippen LogP contribution in [0.1, 0.15) is 49.7 Å². The lowest BCUT2D eigenvalue weighted by molar-refractivity contribution is 0.334. The molecule has 2 heteroatoms. The predicted molar refractivity (Wildman–Crippen MR) is 240 cm³/mol. The maximum absolute atomic E-state index is 4.64. The summed E-state index contributed by atoms with van der Waals surface area (Å²) >= 11 is 0. The van der Waals surface area contributed by atoms with Crippen molar-refractivity contribution in [2.75, 3.05) is 0 Å².